The number of carbonyl (C=O) groups is 2. The smallest absolute Gasteiger partial charge is 0.264 e. The van der Waals surface area contributed by atoms with Crippen molar-refractivity contribution in [3.05, 3.63) is 92.9 Å². The van der Waals surface area contributed by atoms with E-state index in [-0.39, 0.29) is 29.1 Å². The van der Waals surface area contributed by atoms with Gasteiger partial charge < -0.3 is 10.2 Å². The monoisotopic (exact) mass is 665 g/mol. The second-order valence-electron chi connectivity index (χ2n) is 9.76. The van der Waals surface area contributed by atoms with Gasteiger partial charge in [0.1, 0.15) is 12.6 Å². The van der Waals surface area contributed by atoms with Gasteiger partial charge in [-0.1, -0.05) is 70.2 Å². The molecule has 0 heterocycles. The third-order valence-corrected chi connectivity index (χ3v) is 9.66. The molecule has 1 aliphatic carbocycles. The zero-order valence-corrected chi connectivity index (χ0v) is 25.8. The number of hydrogen-bond donors (Lipinski definition) is 1. The third kappa shape index (κ3) is 7.57. The predicted octanol–water partition coefficient (Wildman–Crippen LogP) is 6.43. The summed E-state index contributed by atoms with van der Waals surface area (Å²) in [4.78, 5) is 28.7. The Balaban J connectivity index is 1.69. The van der Waals surface area contributed by atoms with Gasteiger partial charge >= 0.3 is 0 Å². The Hall–Kier alpha value is -2.59. The number of benzene rings is 3. The van der Waals surface area contributed by atoms with Gasteiger partial charge in [0.2, 0.25) is 11.8 Å². The SMILES string of the molecule is CC(C(=O)NC1CCCC1)N(Cc1cccc(Br)c1)C(=O)CN(c1cccc(Cl)c1)S(=O)(=O)c1ccc(Cl)cc1. The molecule has 40 heavy (non-hydrogen) atoms. The molecular formula is C29H30BrCl2N3O4S. The molecule has 1 saturated carbocycles. The molecule has 0 aliphatic heterocycles. The normalized spacial score (nSPS) is 14.5. The second-order valence-corrected chi connectivity index (χ2v) is 13.4. The van der Waals surface area contributed by atoms with Crippen LogP contribution in [0.15, 0.2) is 82.2 Å². The van der Waals surface area contributed by atoms with Crippen LogP contribution in [-0.2, 0) is 26.2 Å². The van der Waals surface area contributed by atoms with Crippen molar-refractivity contribution in [2.45, 2.75) is 56.1 Å². The number of anilines is 1. The van der Waals surface area contributed by atoms with Crippen LogP contribution < -0.4 is 9.62 Å². The van der Waals surface area contributed by atoms with Crippen LogP contribution in [0.3, 0.4) is 0 Å². The number of nitrogens with one attached hydrogen (secondary N) is 1. The largest absolute Gasteiger partial charge is 0.352 e. The molecule has 1 unspecified atom stereocenters. The Morgan fingerprint density at radius 1 is 0.975 bits per heavy atom. The van der Waals surface area contributed by atoms with Crippen molar-refractivity contribution in [1.82, 2.24) is 10.2 Å². The number of nitrogens with zero attached hydrogens (tertiary/aromatic N) is 2. The van der Waals surface area contributed by atoms with Crippen molar-refractivity contribution in [3.8, 4) is 0 Å². The number of sulfonamides is 1. The summed E-state index contributed by atoms with van der Waals surface area (Å²) >= 11 is 15.7. The fraction of sp³-hybridized carbons (Fsp3) is 0.310. The van der Waals surface area contributed by atoms with Crippen LogP contribution in [0.1, 0.15) is 38.2 Å². The zero-order chi connectivity index (χ0) is 28.9. The minimum atomic E-state index is -4.20. The second kappa shape index (κ2) is 13.4. The molecule has 1 fully saturated rings. The third-order valence-electron chi connectivity index (χ3n) is 6.89. The average molecular weight is 667 g/mol. The van der Waals surface area contributed by atoms with E-state index in [0.29, 0.717) is 10.0 Å². The zero-order valence-electron chi connectivity index (χ0n) is 21.9. The maximum absolute atomic E-state index is 14.0. The molecule has 1 atom stereocenters. The average Bonchev–Trinajstić information content (AvgIpc) is 3.43. The molecule has 0 aromatic heterocycles. The molecule has 0 spiro atoms. The van der Waals surface area contributed by atoms with Crippen molar-refractivity contribution >= 4 is 66.7 Å². The van der Waals surface area contributed by atoms with E-state index in [1.807, 2.05) is 24.3 Å². The topological polar surface area (TPSA) is 86.8 Å². The molecule has 7 nitrogen and oxygen atoms in total. The van der Waals surface area contributed by atoms with E-state index >= 15 is 0 Å². The van der Waals surface area contributed by atoms with Gasteiger partial charge in [0, 0.05) is 27.1 Å². The van der Waals surface area contributed by atoms with Crippen LogP contribution in [0.2, 0.25) is 10.0 Å². The highest BCUT2D eigenvalue weighted by Gasteiger charge is 2.33. The summed E-state index contributed by atoms with van der Waals surface area (Å²) in [5, 5.41) is 3.76. The van der Waals surface area contributed by atoms with Gasteiger partial charge in [-0.2, -0.15) is 0 Å². The molecule has 0 saturated heterocycles. The van der Waals surface area contributed by atoms with Gasteiger partial charge in [-0.3, -0.25) is 13.9 Å². The van der Waals surface area contributed by atoms with Gasteiger partial charge in [0.15, 0.2) is 0 Å². The Bertz CT molecular complexity index is 1460. The van der Waals surface area contributed by atoms with E-state index in [1.165, 1.54) is 35.2 Å². The molecule has 0 radical (unpaired) electrons. The first kappa shape index (κ1) is 30.4. The minimum absolute atomic E-state index is 0.0322. The van der Waals surface area contributed by atoms with Crippen molar-refractivity contribution < 1.29 is 18.0 Å². The summed E-state index contributed by atoms with van der Waals surface area (Å²) in [5.74, 6) is -0.809. The maximum atomic E-state index is 14.0. The predicted molar refractivity (Wildman–Crippen MR) is 162 cm³/mol. The highest BCUT2D eigenvalue weighted by atomic mass is 79.9. The number of amides is 2. The first-order valence-electron chi connectivity index (χ1n) is 12.9. The van der Waals surface area contributed by atoms with Crippen LogP contribution in [0.4, 0.5) is 5.69 Å². The molecule has 1 N–H and O–H groups in total. The summed E-state index contributed by atoms with van der Waals surface area (Å²) in [6.07, 6.45) is 3.91. The van der Waals surface area contributed by atoms with E-state index in [9.17, 15) is 18.0 Å². The summed E-state index contributed by atoms with van der Waals surface area (Å²) in [7, 11) is -4.20. The van der Waals surface area contributed by atoms with Crippen molar-refractivity contribution in [1.29, 1.82) is 0 Å². The quantitative estimate of drug-likeness (QED) is 0.270. The summed E-state index contributed by atoms with van der Waals surface area (Å²) in [6.45, 7) is 1.24. The Kier molecular flexibility index (Phi) is 10.2. The minimum Gasteiger partial charge on any atom is -0.352 e. The lowest BCUT2D eigenvalue weighted by Crippen LogP contribution is -2.52. The first-order chi connectivity index (χ1) is 19.0. The van der Waals surface area contributed by atoms with Crippen molar-refractivity contribution in [3.63, 3.8) is 0 Å². The summed E-state index contributed by atoms with van der Waals surface area (Å²) in [6, 6.07) is 18.7. The fourth-order valence-electron chi connectivity index (χ4n) is 4.70. The van der Waals surface area contributed by atoms with E-state index in [1.54, 1.807) is 25.1 Å². The summed E-state index contributed by atoms with van der Waals surface area (Å²) in [5.41, 5.74) is 1.01. The number of rotatable bonds is 10. The molecule has 4 rings (SSSR count). The van der Waals surface area contributed by atoms with Gasteiger partial charge in [-0.05, 0) is 79.9 Å². The molecule has 0 bridgehead atoms. The van der Waals surface area contributed by atoms with Gasteiger partial charge in [-0.15, -0.1) is 0 Å². The van der Waals surface area contributed by atoms with Crippen LogP contribution in [0, 0.1) is 0 Å². The van der Waals surface area contributed by atoms with Gasteiger partial charge in [-0.25, -0.2) is 8.42 Å². The first-order valence-corrected chi connectivity index (χ1v) is 15.9. The lowest BCUT2D eigenvalue weighted by atomic mass is 10.1. The van der Waals surface area contributed by atoms with Crippen LogP contribution in [-0.4, -0.2) is 43.8 Å². The molecule has 2 amide bonds. The molecule has 3 aromatic rings. The summed E-state index contributed by atoms with van der Waals surface area (Å²) < 4.78 is 29.5. The molecule has 212 valence electrons. The Labute approximate surface area is 253 Å². The highest BCUT2D eigenvalue weighted by molar-refractivity contribution is 9.10. The van der Waals surface area contributed by atoms with E-state index in [2.05, 4.69) is 21.2 Å². The standard InChI is InChI=1S/C29H30BrCl2N3O4S/c1-20(29(37)33-25-9-2-3-10-25)34(18-21-6-4-7-22(30)16-21)28(36)19-35(26-11-5-8-24(32)17-26)40(38,39)27-14-12-23(31)13-15-27/h4-8,11-17,20,25H,2-3,9-10,18-19H2,1H3,(H,33,37). The maximum Gasteiger partial charge on any atom is 0.264 e. The van der Waals surface area contributed by atoms with E-state index < -0.39 is 28.5 Å². The van der Waals surface area contributed by atoms with Crippen LogP contribution >= 0.6 is 39.1 Å². The molecular weight excluding hydrogens is 637 g/mol. The van der Waals surface area contributed by atoms with Crippen molar-refractivity contribution in [2.24, 2.45) is 0 Å². The van der Waals surface area contributed by atoms with Gasteiger partial charge in [0.05, 0.1) is 10.6 Å². The number of carbonyl (C=O) groups excluding carboxylic acids is 2. The Morgan fingerprint density at radius 3 is 2.30 bits per heavy atom. The fourth-order valence-corrected chi connectivity index (χ4v) is 6.86. The number of hydrogen-bond acceptors (Lipinski definition) is 4. The van der Waals surface area contributed by atoms with Crippen molar-refractivity contribution in [2.75, 3.05) is 10.8 Å². The van der Waals surface area contributed by atoms with Crippen LogP contribution in [0.25, 0.3) is 0 Å². The van der Waals surface area contributed by atoms with E-state index in [0.717, 1.165) is 40.0 Å². The van der Waals surface area contributed by atoms with Gasteiger partial charge in [0.25, 0.3) is 10.0 Å². The van der Waals surface area contributed by atoms with Crippen LogP contribution in [0.5, 0.6) is 0 Å². The molecule has 11 heteroatoms. The molecule has 3 aromatic carbocycles. The highest BCUT2D eigenvalue weighted by Crippen LogP contribution is 2.28. The lowest BCUT2D eigenvalue weighted by molar-refractivity contribution is -0.139. The van der Waals surface area contributed by atoms with E-state index in [4.69, 9.17) is 23.2 Å². The number of halogens is 3. The Morgan fingerprint density at radius 2 is 1.65 bits per heavy atom. The lowest BCUT2D eigenvalue weighted by Gasteiger charge is -2.32. The molecule has 1 aliphatic rings.